The van der Waals surface area contributed by atoms with Gasteiger partial charge in [-0.3, -0.25) is 10.1 Å². The van der Waals surface area contributed by atoms with Gasteiger partial charge in [-0.25, -0.2) is 14.9 Å². The highest BCUT2D eigenvalue weighted by Crippen LogP contribution is 2.22. The van der Waals surface area contributed by atoms with Gasteiger partial charge >= 0.3 is 0 Å². The molecule has 0 amide bonds. The van der Waals surface area contributed by atoms with E-state index in [1.807, 2.05) is 0 Å². The predicted molar refractivity (Wildman–Crippen MR) is 50.3 cm³/mol. The lowest BCUT2D eigenvalue weighted by atomic mass is 10.2. The third-order valence-corrected chi connectivity index (χ3v) is 1.81. The lowest BCUT2D eigenvalue weighted by molar-refractivity contribution is -0.385. The average Bonchev–Trinajstić information content (AvgIpc) is 2.70. The number of halogens is 1. The third kappa shape index (κ3) is 1.70. The van der Waals surface area contributed by atoms with Crippen molar-refractivity contribution in [3.8, 4) is 0 Å². The molecule has 78 valence electrons. The first-order valence-corrected chi connectivity index (χ1v) is 3.95. The summed E-state index contributed by atoms with van der Waals surface area (Å²) in [5.41, 5.74) is 4.75. The van der Waals surface area contributed by atoms with Crippen LogP contribution in [0.15, 0.2) is 23.3 Å². The highest BCUT2D eigenvalue weighted by molar-refractivity contribution is 5.79. The van der Waals surface area contributed by atoms with E-state index in [-0.39, 0.29) is 11.4 Å². The molecule has 0 aromatic heterocycles. The van der Waals surface area contributed by atoms with Crippen LogP contribution in [0.2, 0.25) is 0 Å². The highest BCUT2D eigenvalue weighted by atomic mass is 19.1. The third-order valence-electron chi connectivity index (χ3n) is 1.81. The first-order chi connectivity index (χ1) is 7.18. The summed E-state index contributed by atoms with van der Waals surface area (Å²) in [6.07, 6.45) is 1.31. The Bertz CT molecular complexity index is 435. The van der Waals surface area contributed by atoms with Crippen molar-refractivity contribution < 1.29 is 9.31 Å². The van der Waals surface area contributed by atoms with E-state index in [2.05, 4.69) is 16.2 Å². The second kappa shape index (κ2) is 3.50. The van der Waals surface area contributed by atoms with Gasteiger partial charge in [0.1, 0.15) is 6.34 Å². The number of nitrogens with one attached hydrogen (secondary N) is 2. The molecule has 7 nitrogen and oxygen atoms in total. The van der Waals surface area contributed by atoms with E-state index in [1.165, 1.54) is 23.5 Å². The maximum atomic E-state index is 13.4. The van der Waals surface area contributed by atoms with Gasteiger partial charge in [-0.15, -0.1) is 5.53 Å². The summed E-state index contributed by atoms with van der Waals surface area (Å²) in [5.74, 6) is -0.702. The van der Waals surface area contributed by atoms with E-state index in [4.69, 9.17) is 0 Å². The maximum Gasteiger partial charge on any atom is 0.272 e. The highest BCUT2D eigenvalue weighted by Gasteiger charge is 2.16. The smallest absolute Gasteiger partial charge is 0.258 e. The molecule has 1 aromatic carbocycles. The summed E-state index contributed by atoms with van der Waals surface area (Å²) in [6, 6.07) is 3.36. The van der Waals surface area contributed by atoms with Crippen LogP contribution in [0.25, 0.3) is 0 Å². The minimum Gasteiger partial charge on any atom is -0.258 e. The Morgan fingerprint density at radius 2 is 2.33 bits per heavy atom. The topological polar surface area (TPSA) is 82.8 Å². The molecule has 0 aliphatic carbocycles. The van der Waals surface area contributed by atoms with Crippen LogP contribution in [0.5, 0.6) is 0 Å². The van der Waals surface area contributed by atoms with Crippen LogP contribution in [0.4, 0.5) is 15.8 Å². The zero-order valence-electron chi connectivity index (χ0n) is 7.35. The van der Waals surface area contributed by atoms with E-state index in [0.717, 1.165) is 6.07 Å². The lowest BCUT2D eigenvalue weighted by Gasteiger charge is -2.13. The van der Waals surface area contributed by atoms with E-state index < -0.39 is 10.7 Å². The fraction of sp³-hybridized carbons (Fsp3) is 0. The number of hydrogen-bond acceptors (Lipinski definition) is 6. The number of hydrazone groups is 1. The maximum absolute atomic E-state index is 13.4. The Labute approximate surface area is 83.3 Å². The molecule has 1 aliphatic heterocycles. The molecule has 0 spiro atoms. The van der Waals surface area contributed by atoms with Gasteiger partial charge < -0.3 is 0 Å². The summed E-state index contributed by atoms with van der Waals surface area (Å²) < 4.78 is 13.4. The second-order valence-corrected chi connectivity index (χ2v) is 2.73. The molecular formula is C7H6FN5O2. The Kier molecular flexibility index (Phi) is 2.18. The Morgan fingerprint density at radius 1 is 1.53 bits per heavy atom. The summed E-state index contributed by atoms with van der Waals surface area (Å²) in [6.45, 7) is 0. The van der Waals surface area contributed by atoms with Crippen molar-refractivity contribution in [2.24, 2.45) is 5.10 Å². The molecule has 8 heteroatoms. The van der Waals surface area contributed by atoms with Crippen molar-refractivity contribution in [3.63, 3.8) is 0 Å². The fourth-order valence-electron chi connectivity index (χ4n) is 1.13. The minimum absolute atomic E-state index is 0.148. The Balaban J connectivity index is 2.34. The van der Waals surface area contributed by atoms with E-state index in [1.54, 1.807) is 0 Å². The molecule has 2 N–H and O–H groups in total. The number of non-ortho nitro benzene ring substituents is 1. The van der Waals surface area contributed by atoms with Gasteiger partial charge in [0, 0.05) is 6.07 Å². The number of hydrogen-bond donors (Lipinski definition) is 2. The van der Waals surface area contributed by atoms with Crippen molar-refractivity contribution >= 4 is 17.7 Å². The van der Waals surface area contributed by atoms with Crippen LogP contribution < -0.4 is 16.1 Å². The number of rotatable bonds is 2. The van der Waals surface area contributed by atoms with Crippen molar-refractivity contribution in [2.45, 2.75) is 0 Å². The Morgan fingerprint density at radius 3 is 2.87 bits per heavy atom. The van der Waals surface area contributed by atoms with Gasteiger partial charge in [0.25, 0.3) is 5.69 Å². The minimum atomic E-state index is -0.702. The van der Waals surface area contributed by atoms with Crippen molar-refractivity contribution in [1.29, 1.82) is 0 Å². The standard InChI is InChI=1S/C7H6FN5O2/c8-6-3-5(13(14)15)1-2-7(6)12-4-9-10-11-12/h1-4,10-11H. The number of nitro benzene ring substituents is 1. The number of hydrazine groups is 2. The SMILES string of the molecule is O=[N+]([O-])c1ccc(N2C=NNN2)c(F)c1. The lowest BCUT2D eigenvalue weighted by Crippen LogP contribution is -2.37. The van der Waals surface area contributed by atoms with Gasteiger partial charge in [-0.05, 0) is 6.07 Å². The molecule has 0 atom stereocenters. The van der Waals surface area contributed by atoms with E-state index in [9.17, 15) is 14.5 Å². The molecule has 1 aliphatic rings. The molecule has 0 unspecified atom stereocenters. The number of benzene rings is 1. The van der Waals surface area contributed by atoms with Gasteiger partial charge in [0.2, 0.25) is 0 Å². The zero-order valence-corrected chi connectivity index (χ0v) is 7.35. The zero-order chi connectivity index (χ0) is 10.8. The van der Waals surface area contributed by atoms with Crippen LogP contribution in [-0.4, -0.2) is 11.3 Å². The average molecular weight is 211 g/mol. The molecule has 0 bridgehead atoms. The van der Waals surface area contributed by atoms with Gasteiger partial charge in [-0.1, -0.05) is 0 Å². The molecule has 0 fully saturated rings. The van der Waals surface area contributed by atoms with Gasteiger partial charge in [0.15, 0.2) is 5.82 Å². The molecule has 2 rings (SSSR count). The monoisotopic (exact) mass is 211 g/mol. The summed E-state index contributed by atoms with van der Waals surface area (Å²) in [5, 5.41) is 15.2. The number of nitrogens with zero attached hydrogens (tertiary/aromatic N) is 3. The van der Waals surface area contributed by atoms with E-state index >= 15 is 0 Å². The Hall–Kier alpha value is -2.22. The fourth-order valence-corrected chi connectivity index (χ4v) is 1.13. The first kappa shape index (κ1) is 9.34. The quantitative estimate of drug-likeness (QED) is 0.550. The molecule has 0 saturated heterocycles. The van der Waals surface area contributed by atoms with Crippen LogP contribution in [-0.2, 0) is 0 Å². The molecule has 1 aromatic rings. The van der Waals surface area contributed by atoms with Gasteiger partial charge in [0.05, 0.1) is 16.7 Å². The molecule has 0 saturated carbocycles. The predicted octanol–water partition coefficient (Wildman–Crippen LogP) is 0.506. The summed E-state index contributed by atoms with van der Waals surface area (Å²) in [7, 11) is 0. The molecule has 15 heavy (non-hydrogen) atoms. The first-order valence-electron chi connectivity index (χ1n) is 3.95. The molecule has 1 heterocycles. The molecule has 0 radical (unpaired) electrons. The van der Waals surface area contributed by atoms with Crippen LogP contribution in [0.1, 0.15) is 0 Å². The molecular weight excluding hydrogens is 205 g/mol. The van der Waals surface area contributed by atoms with Crippen LogP contribution in [0.3, 0.4) is 0 Å². The van der Waals surface area contributed by atoms with Gasteiger partial charge in [-0.2, -0.15) is 5.10 Å². The number of anilines is 1. The van der Waals surface area contributed by atoms with Crippen molar-refractivity contribution in [1.82, 2.24) is 11.1 Å². The van der Waals surface area contributed by atoms with Crippen LogP contribution >= 0.6 is 0 Å². The summed E-state index contributed by atoms with van der Waals surface area (Å²) >= 11 is 0. The van der Waals surface area contributed by atoms with E-state index in [0.29, 0.717) is 0 Å². The van der Waals surface area contributed by atoms with Crippen molar-refractivity contribution in [2.75, 3.05) is 5.01 Å². The largest absolute Gasteiger partial charge is 0.272 e. The number of nitro groups is 1. The second-order valence-electron chi connectivity index (χ2n) is 2.73. The van der Waals surface area contributed by atoms with Crippen LogP contribution in [0, 0.1) is 15.9 Å². The summed E-state index contributed by atoms with van der Waals surface area (Å²) in [4.78, 5) is 9.70. The normalized spacial score (nSPS) is 14.1. The van der Waals surface area contributed by atoms with Crippen molar-refractivity contribution in [3.05, 3.63) is 34.1 Å².